The number of H-pyrrole nitrogens is 1. The van der Waals surface area contributed by atoms with Crippen LogP contribution in [0.2, 0.25) is 0 Å². The molecule has 0 atom stereocenters. The van der Waals surface area contributed by atoms with Gasteiger partial charge in [-0.15, -0.1) is 0 Å². The number of hydrogen-bond acceptors (Lipinski definition) is 5. The van der Waals surface area contributed by atoms with E-state index < -0.39 is 0 Å². The molecule has 0 aliphatic rings. The highest BCUT2D eigenvalue weighted by molar-refractivity contribution is 5.92. The van der Waals surface area contributed by atoms with E-state index in [2.05, 4.69) is 25.5 Å². The number of nitrogens with one attached hydrogen (secondary N) is 2. The molecular formula is C19H18N6. The molecule has 124 valence electrons. The van der Waals surface area contributed by atoms with Gasteiger partial charge in [-0.3, -0.25) is 10.1 Å². The summed E-state index contributed by atoms with van der Waals surface area (Å²) < 4.78 is 0. The molecule has 6 nitrogen and oxygen atoms in total. The summed E-state index contributed by atoms with van der Waals surface area (Å²) in [5.41, 5.74) is 10.1. The third-order valence-electron chi connectivity index (χ3n) is 4.10. The fourth-order valence-electron chi connectivity index (χ4n) is 2.79. The molecule has 4 N–H and O–H groups in total. The lowest BCUT2D eigenvalue weighted by Crippen LogP contribution is -2.07. The van der Waals surface area contributed by atoms with Gasteiger partial charge in [0, 0.05) is 36.4 Å². The van der Waals surface area contributed by atoms with E-state index in [0.29, 0.717) is 5.82 Å². The molecular weight excluding hydrogens is 312 g/mol. The van der Waals surface area contributed by atoms with E-state index >= 15 is 0 Å². The van der Waals surface area contributed by atoms with Crippen LogP contribution in [0.4, 0.5) is 11.6 Å². The Balaban J connectivity index is 1.51. The van der Waals surface area contributed by atoms with Crippen LogP contribution in [0.1, 0.15) is 5.69 Å². The molecule has 0 fully saturated rings. The van der Waals surface area contributed by atoms with Crippen LogP contribution in [0.25, 0.3) is 22.0 Å². The fourth-order valence-corrected chi connectivity index (χ4v) is 2.79. The minimum atomic E-state index is 0.514. The van der Waals surface area contributed by atoms with Crippen molar-refractivity contribution < 1.29 is 0 Å². The van der Waals surface area contributed by atoms with E-state index in [1.165, 1.54) is 0 Å². The van der Waals surface area contributed by atoms with Crippen LogP contribution >= 0.6 is 0 Å². The van der Waals surface area contributed by atoms with Gasteiger partial charge in [0.05, 0.1) is 5.52 Å². The second-order valence-electron chi connectivity index (χ2n) is 5.80. The summed E-state index contributed by atoms with van der Waals surface area (Å²) in [6.07, 6.45) is 4.47. The number of rotatable bonds is 5. The largest absolute Gasteiger partial charge is 0.382 e. The summed E-state index contributed by atoms with van der Waals surface area (Å²) in [4.78, 5) is 8.72. The second-order valence-corrected chi connectivity index (χ2v) is 5.80. The van der Waals surface area contributed by atoms with Gasteiger partial charge in [0.15, 0.2) is 5.82 Å². The van der Waals surface area contributed by atoms with Crippen molar-refractivity contribution in [3.8, 4) is 11.1 Å². The van der Waals surface area contributed by atoms with E-state index in [1.54, 1.807) is 6.20 Å². The molecule has 0 saturated heterocycles. The predicted octanol–water partition coefficient (Wildman–Crippen LogP) is 3.26. The third-order valence-corrected chi connectivity index (χ3v) is 4.10. The molecule has 0 radical (unpaired) electrons. The van der Waals surface area contributed by atoms with Crippen molar-refractivity contribution in [2.45, 2.75) is 6.42 Å². The summed E-state index contributed by atoms with van der Waals surface area (Å²) in [6.45, 7) is 0.779. The number of aromatic amines is 1. The monoisotopic (exact) mass is 330 g/mol. The number of aromatic nitrogens is 4. The molecule has 0 bridgehead atoms. The van der Waals surface area contributed by atoms with Gasteiger partial charge < -0.3 is 11.1 Å². The summed E-state index contributed by atoms with van der Waals surface area (Å²) in [6, 6.07) is 16.1. The Bertz CT molecular complexity index is 993. The molecule has 3 aromatic heterocycles. The molecule has 0 saturated carbocycles. The maximum Gasteiger partial charge on any atom is 0.153 e. The zero-order chi connectivity index (χ0) is 17.1. The van der Waals surface area contributed by atoms with Gasteiger partial charge in [-0.1, -0.05) is 12.1 Å². The molecule has 3 heterocycles. The summed E-state index contributed by atoms with van der Waals surface area (Å²) in [5.74, 6) is 1.35. The van der Waals surface area contributed by atoms with Crippen LogP contribution in [0.3, 0.4) is 0 Å². The second kappa shape index (κ2) is 6.60. The summed E-state index contributed by atoms with van der Waals surface area (Å²) >= 11 is 0. The standard InChI is InChI=1S/C19H18N6/c20-19-16-11-13(4-5-17(16)24-25-19)14-6-9-22-18(12-14)23-10-7-15-3-1-2-8-21-15/h1-6,8-9,11-12H,7,10H2,(H,22,23)(H3,20,24,25). The minimum Gasteiger partial charge on any atom is -0.382 e. The number of pyridine rings is 2. The number of nitrogens with zero attached hydrogens (tertiary/aromatic N) is 3. The molecule has 6 heteroatoms. The van der Waals surface area contributed by atoms with Crippen LogP contribution in [0.5, 0.6) is 0 Å². The van der Waals surface area contributed by atoms with E-state index in [9.17, 15) is 0 Å². The molecule has 25 heavy (non-hydrogen) atoms. The fraction of sp³-hybridized carbons (Fsp3) is 0.105. The van der Waals surface area contributed by atoms with Crippen molar-refractivity contribution >= 4 is 22.5 Å². The average Bonchev–Trinajstić information content (AvgIpc) is 3.03. The average molecular weight is 330 g/mol. The topological polar surface area (TPSA) is 92.5 Å². The van der Waals surface area contributed by atoms with Gasteiger partial charge in [0.2, 0.25) is 0 Å². The van der Waals surface area contributed by atoms with Crippen LogP contribution < -0.4 is 11.1 Å². The summed E-state index contributed by atoms with van der Waals surface area (Å²) in [7, 11) is 0. The van der Waals surface area contributed by atoms with Crippen molar-refractivity contribution in [1.29, 1.82) is 0 Å². The Morgan fingerprint density at radius 2 is 1.88 bits per heavy atom. The van der Waals surface area contributed by atoms with Crippen molar-refractivity contribution in [3.05, 3.63) is 66.6 Å². The zero-order valence-electron chi connectivity index (χ0n) is 13.6. The van der Waals surface area contributed by atoms with Gasteiger partial charge in [-0.05, 0) is 47.5 Å². The SMILES string of the molecule is Nc1n[nH]c2ccc(-c3ccnc(NCCc4ccccn4)c3)cc12. The smallest absolute Gasteiger partial charge is 0.153 e. The van der Waals surface area contributed by atoms with E-state index in [0.717, 1.165) is 46.5 Å². The number of anilines is 2. The highest BCUT2D eigenvalue weighted by atomic mass is 15.1. The Morgan fingerprint density at radius 1 is 0.960 bits per heavy atom. The Morgan fingerprint density at radius 3 is 2.76 bits per heavy atom. The predicted molar refractivity (Wildman–Crippen MR) is 100 cm³/mol. The van der Waals surface area contributed by atoms with Gasteiger partial charge in [0.25, 0.3) is 0 Å². The number of nitrogen functional groups attached to an aromatic ring is 1. The quantitative estimate of drug-likeness (QED) is 0.522. The molecule has 1 aromatic carbocycles. The first kappa shape index (κ1) is 15.1. The van der Waals surface area contributed by atoms with Gasteiger partial charge >= 0.3 is 0 Å². The Hall–Kier alpha value is -3.41. The molecule has 0 aliphatic carbocycles. The van der Waals surface area contributed by atoms with Crippen molar-refractivity contribution in [2.24, 2.45) is 0 Å². The van der Waals surface area contributed by atoms with Crippen LogP contribution in [0, 0.1) is 0 Å². The molecule has 0 spiro atoms. The number of hydrogen-bond donors (Lipinski definition) is 3. The summed E-state index contributed by atoms with van der Waals surface area (Å²) in [5, 5.41) is 11.2. The maximum atomic E-state index is 5.90. The highest BCUT2D eigenvalue weighted by Crippen LogP contribution is 2.27. The maximum absolute atomic E-state index is 5.90. The lowest BCUT2D eigenvalue weighted by molar-refractivity contribution is 0.954. The van der Waals surface area contributed by atoms with E-state index in [1.807, 2.05) is 54.7 Å². The number of fused-ring (bicyclic) bond motifs is 1. The van der Waals surface area contributed by atoms with Crippen molar-refractivity contribution in [2.75, 3.05) is 17.6 Å². The van der Waals surface area contributed by atoms with E-state index in [-0.39, 0.29) is 0 Å². The molecule has 0 aliphatic heterocycles. The van der Waals surface area contributed by atoms with Gasteiger partial charge in [0.1, 0.15) is 5.82 Å². The zero-order valence-corrected chi connectivity index (χ0v) is 13.6. The minimum absolute atomic E-state index is 0.514. The first-order chi connectivity index (χ1) is 12.3. The van der Waals surface area contributed by atoms with Crippen molar-refractivity contribution in [1.82, 2.24) is 20.2 Å². The molecule has 4 rings (SSSR count). The first-order valence-corrected chi connectivity index (χ1v) is 8.13. The number of nitrogens with two attached hydrogens (primary N) is 1. The third kappa shape index (κ3) is 3.28. The van der Waals surface area contributed by atoms with Crippen molar-refractivity contribution in [3.63, 3.8) is 0 Å². The van der Waals surface area contributed by atoms with Gasteiger partial charge in [-0.2, -0.15) is 5.10 Å². The van der Waals surface area contributed by atoms with Crippen LogP contribution in [-0.2, 0) is 6.42 Å². The lowest BCUT2D eigenvalue weighted by atomic mass is 10.0. The normalized spacial score (nSPS) is 10.9. The highest BCUT2D eigenvalue weighted by Gasteiger charge is 2.06. The Labute approximate surface area is 145 Å². The van der Waals surface area contributed by atoms with Crippen LogP contribution in [-0.4, -0.2) is 26.7 Å². The Kier molecular flexibility index (Phi) is 4.00. The molecule has 4 aromatic rings. The number of benzene rings is 1. The van der Waals surface area contributed by atoms with Crippen LogP contribution in [0.15, 0.2) is 60.9 Å². The van der Waals surface area contributed by atoms with E-state index in [4.69, 9.17) is 5.73 Å². The molecule has 0 amide bonds. The van der Waals surface area contributed by atoms with Gasteiger partial charge in [-0.25, -0.2) is 4.98 Å². The lowest BCUT2D eigenvalue weighted by Gasteiger charge is -2.08. The molecule has 0 unspecified atom stereocenters. The first-order valence-electron chi connectivity index (χ1n) is 8.13.